The predicted molar refractivity (Wildman–Crippen MR) is 130 cm³/mol. The fourth-order valence-electron chi connectivity index (χ4n) is 3.40. The number of piperidine rings is 1. The molecule has 28 heavy (non-hydrogen) atoms. The summed E-state index contributed by atoms with van der Waals surface area (Å²) < 4.78 is 0. The summed E-state index contributed by atoms with van der Waals surface area (Å²) in [6.07, 6.45) is 5.42. The molecule has 3 rings (SSSR count). The lowest BCUT2D eigenvalue weighted by molar-refractivity contribution is 0.192. The van der Waals surface area contributed by atoms with Crippen LogP contribution >= 0.6 is 35.3 Å². The standard InChI is InChI=1S/C21H31N5S.HI/c1-3-19-13-23-20(27-19)14-24-21(22-4-2)25-18-11-8-12-26(16-18)15-17-9-6-5-7-10-17;/h5-7,9-10,13,18H,3-4,8,11-12,14-16H2,1-2H3,(H2,22,24,25);1H. The molecule has 0 spiro atoms. The van der Waals surface area contributed by atoms with Gasteiger partial charge in [0.15, 0.2) is 5.96 Å². The average molecular weight is 513 g/mol. The van der Waals surface area contributed by atoms with Crippen LogP contribution in [0.3, 0.4) is 0 Å². The molecule has 1 unspecified atom stereocenters. The zero-order chi connectivity index (χ0) is 18.9. The number of aliphatic imine (C=N–C) groups is 1. The van der Waals surface area contributed by atoms with Gasteiger partial charge >= 0.3 is 0 Å². The number of guanidine groups is 1. The van der Waals surface area contributed by atoms with E-state index in [9.17, 15) is 0 Å². The van der Waals surface area contributed by atoms with Crippen LogP contribution in [0.25, 0.3) is 0 Å². The van der Waals surface area contributed by atoms with Gasteiger partial charge in [0, 0.05) is 36.8 Å². The fraction of sp³-hybridized carbons (Fsp3) is 0.524. The molecule has 5 nitrogen and oxygen atoms in total. The van der Waals surface area contributed by atoms with Gasteiger partial charge in [0.2, 0.25) is 0 Å². The maximum absolute atomic E-state index is 4.76. The van der Waals surface area contributed by atoms with E-state index in [-0.39, 0.29) is 24.0 Å². The van der Waals surface area contributed by atoms with E-state index in [2.05, 4.69) is 64.7 Å². The first-order valence-electron chi connectivity index (χ1n) is 10.0. The quantitative estimate of drug-likeness (QED) is 0.334. The second-order valence-corrected chi connectivity index (χ2v) is 8.17. The van der Waals surface area contributed by atoms with Gasteiger partial charge in [0.25, 0.3) is 0 Å². The van der Waals surface area contributed by atoms with E-state index in [4.69, 9.17) is 4.99 Å². The van der Waals surface area contributed by atoms with Crippen molar-refractivity contribution in [1.82, 2.24) is 20.5 Å². The minimum absolute atomic E-state index is 0. The molecule has 1 fully saturated rings. The van der Waals surface area contributed by atoms with Gasteiger partial charge in [-0.05, 0) is 38.3 Å². The minimum atomic E-state index is 0. The van der Waals surface area contributed by atoms with Crippen molar-refractivity contribution < 1.29 is 0 Å². The van der Waals surface area contributed by atoms with E-state index in [1.165, 1.54) is 29.8 Å². The molecule has 154 valence electrons. The highest BCUT2D eigenvalue weighted by Gasteiger charge is 2.20. The van der Waals surface area contributed by atoms with Crippen molar-refractivity contribution in [2.24, 2.45) is 4.99 Å². The molecule has 7 heteroatoms. The first-order valence-corrected chi connectivity index (χ1v) is 10.8. The number of halogens is 1. The normalized spacial score (nSPS) is 17.8. The van der Waals surface area contributed by atoms with E-state index in [0.717, 1.165) is 37.0 Å². The van der Waals surface area contributed by atoms with Crippen LogP contribution in [0.1, 0.15) is 42.1 Å². The van der Waals surface area contributed by atoms with E-state index in [0.29, 0.717) is 12.6 Å². The maximum Gasteiger partial charge on any atom is 0.191 e. The van der Waals surface area contributed by atoms with Crippen molar-refractivity contribution in [2.75, 3.05) is 19.6 Å². The molecule has 0 radical (unpaired) electrons. The molecule has 0 aliphatic carbocycles. The van der Waals surface area contributed by atoms with Crippen molar-refractivity contribution in [1.29, 1.82) is 0 Å². The van der Waals surface area contributed by atoms with Gasteiger partial charge in [-0.2, -0.15) is 0 Å². The minimum Gasteiger partial charge on any atom is -0.357 e. The van der Waals surface area contributed by atoms with E-state index >= 15 is 0 Å². The summed E-state index contributed by atoms with van der Waals surface area (Å²) in [6, 6.07) is 11.2. The highest BCUT2D eigenvalue weighted by Crippen LogP contribution is 2.15. The zero-order valence-corrected chi connectivity index (χ0v) is 20.0. The Morgan fingerprint density at radius 1 is 1.29 bits per heavy atom. The molecule has 1 atom stereocenters. The Hall–Kier alpha value is -1.19. The van der Waals surface area contributed by atoms with Crippen molar-refractivity contribution in [3.8, 4) is 0 Å². The van der Waals surface area contributed by atoms with Crippen LogP contribution in [0.4, 0.5) is 0 Å². The number of nitrogens with zero attached hydrogens (tertiary/aromatic N) is 3. The predicted octanol–water partition coefficient (Wildman–Crippen LogP) is 4.04. The molecule has 2 aromatic rings. The number of nitrogens with one attached hydrogen (secondary N) is 2. The Kier molecular flexibility index (Phi) is 10.2. The SMILES string of the molecule is CCNC(=NCc1ncc(CC)s1)NC1CCCN(Cc2ccccc2)C1.I. The number of hydrogen-bond acceptors (Lipinski definition) is 4. The van der Waals surface area contributed by atoms with Crippen LogP contribution in [0.5, 0.6) is 0 Å². The molecule has 1 aliphatic rings. The monoisotopic (exact) mass is 513 g/mol. The lowest BCUT2D eigenvalue weighted by Crippen LogP contribution is -2.50. The maximum atomic E-state index is 4.76. The van der Waals surface area contributed by atoms with Crippen molar-refractivity contribution in [2.45, 2.75) is 52.2 Å². The summed E-state index contributed by atoms with van der Waals surface area (Å²) >= 11 is 1.76. The summed E-state index contributed by atoms with van der Waals surface area (Å²) in [5.41, 5.74) is 1.38. The molecule has 0 bridgehead atoms. The van der Waals surface area contributed by atoms with Crippen LogP contribution in [0.2, 0.25) is 0 Å². The molecule has 2 heterocycles. The van der Waals surface area contributed by atoms with Crippen molar-refractivity contribution in [3.63, 3.8) is 0 Å². The lowest BCUT2D eigenvalue weighted by atomic mass is 10.0. The number of aryl methyl sites for hydroxylation is 1. The fourth-order valence-corrected chi connectivity index (χ4v) is 4.19. The number of benzene rings is 1. The highest BCUT2D eigenvalue weighted by molar-refractivity contribution is 14.0. The summed E-state index contributed by atoms with van der Waals surface area (Å²) in [6.45, 7) is 9.02. The molecular formula is C21H32IN5S. The number of hydrogen-bond donors (Lipinski definition) is 2. The van der Waals surface area contributed by atoms with E-state index in [1.54, 1.807) is 11.3 Å². The second-order valence-electron chi connectivity index (χ2n) is 6.97. The number of rotatable bonds is 7. The van der Waals surface area contributed by atoms with Gasteiger partial charge in [-0.15, -0.1) is 35.3 Å². The second kappa shape index (κ2) is 12.4. The third-order valence-corrected chi connectivity index (χ3v) is 5.89. The summed E-state index contributed by atoms with van der Waals surface area (Å²) in [4.78, 5) is 13.1. The molecule has 2 N–H and O–H groups in total. The molecule has 0 amide bonds. The van der Waals surface area contributed by atoms with Crippen LogP contribution in [-0.4, -0.2) is 41.5 Å². The van der Waals surface area contributed by atoms with Gasteiger partial charge in [-0.3, -0.25) is 4.90 Å². The van der Waals surface area contributed by atoms with Gasteiger partial charge in [0.05, 0.1) is 6.54 Å². The van der Waals surface area contributed by atoms with Gasteiger partial charge in [-0.1, -0.05) is 37.3 Å². The highest BCUT2D eigenvalue weighted by atomic mass is 127. The number of likely N-dealkylation sites (tertiary alicyclic amines) is 1. The number of thiazole rings is 1. The van der Waals surface area contributed by atoms with Gasteiger partial charge < -0.3 is 10.6 Å². The summed E-state index contributed by atoms with van der Waals surface area (Å²) in [5, 5.41) is 8.10. The van der Waals surface area contributed by atoms with Gasteiger partial charge in [0.1, 0.15) is 5.01 Å². The summed E-state index contributed by atoms with van der Waals surface area (Å²) in [5.74, 6) is 0.900. The largest absolute Gasteiger partial charge is 0.357 e. The first-order chi connectivity index (χ1) is 13.3. The number of aromatic nitrogens is 1. The Balaban J connectivity index is 0.00000280. The third-order valence-electron chi connectivity index (χ3n) is 4.76. The molecule has 1 saturated heterocycles. The molecule has 0 saturated carbocycles. The lowest BCUT2D eigenvalue weighted by Gasteiger charge is -2.34. The average Bonchev–Trinajstić information content (AvgIpc) is 3.16. The topological polar surface area (TPSA) is 52.6 Å². The van der Waals surface area contributed by atoms with Crippen LogP contribution in [0, 0.1) is 0 Å². The Bertz CT molecular complexity index is 719. The van der Waals surface area contributed by atoms with E-state index in [1.807, 2.05) is 6.20 Å². The summed E-state index contributed by atoms with van der Waals surface area (Å²) in [7, 11) is 0. The van der Waals surface area contributed by atoms with Gasteiger partial charge in [-0.25, -0.2) is 9.98 Å². The molecule has 1 aromatic heterocycles. The smallest absolute Gasteiger partial charge is 0.191 e. The van der Waals surface area contributed by atoms with Crippen LogP contribution in [-0.2, 0) is 19.5 Å². The van der Waals surface area contributed by atoms with E-state index < -0.39 is 0 Å². The molecule has 1 aromatic carbocycles. The molecule has 1 aliphatic heterocycles. The molecular weight excluding hydrogens is 481 g/mol. The Morgan fingerprint density at radius 3 is 2.82 bits per heavy atom. The zero-order valence-electron chi connectivity index (χ0n) is 16.9. The van der Waals surface area contributed by atoms with Crippen LogP contribution in [0.15, 0.2) is 41.5 Å². The Labute approximate surface area is 190 Å². The Morgan fingerprint density at radius 2 is 2.11 bits per heavy atom. The third kappa shape index (κ3) is 7.33. The van der Waals surface area contributed by atoms with Crippen molar-refractivity contribution in [3.05, 3.63) is 52.0 Å². The first kappa shape index (κ1) is 23.1. The van der Waals surface area contributed by atoms with Crippen LogP contribution < -0.4 is 10.6 Å². The van der Waals surface area contributed by atoms with Crippen molar-refractivity contribution >= 4 is 41.3 Å².